The molecule has 0 fully saturated rings. The SMILES string of the molecule is C=C(C)[C@@H](CO)NC(=O)c1nc(-c2ccccc2)n2c1CN(CC(C)C)CC2. The molecule has 150 valence electrons. The largest absolute Gasteiger partial charge is 0.394 e. The van der Waals surface area contributed by atoms with E-state index in [0.29, 0.717) is 23.7 Å². The molecule has 1 atom stereocenters. The highest BCUT2D eigenvalue weighted by Gasteiger charge is 2.29. The van der Waals surface area contributed by atoms with Crippen LogP contribution in [0.25, 0.3) is 11.4 Å². The summed E-state index contributed by atoms with van der Waals surface area (Å²) in [5.74, 6) is 1.11. The molecule has 2 heterocycles. The van der Waals surface area contributed by atoms with Crippen molar-refractivity contribution in [3.63, 3.8) is 0 Å². The molecule has 0 spiro atoms. The van der Waals surface area contributed by atoms with Gasteiger partial charge in [-0.05, 0) is 12.8 Å². The van der Waals surface area contributed by atoms with Gasteiger partial charge in [0, 0.05) is 31.7 Å². The van der Waals surface area contributed by atoms with Crippen molar-refractivity contribution in [3.05, 3.63) is 53.9 Å². The number of benzene rings is 1. The number of nitrogens with zero attached hydrogens (tertiary/aromatic N) is 3. The predicted octanol–water partition coefficient (Wildman–Crippen LogP) is 2.69. The van der Waals surface area contributed by atoms with Crippen LogP contribution in [0.2, 0.25) is 0 Å². The fourth-order valence-electron chi connectivity index (χ4n) is 3.63. The molecule has 6 heteroatoms. The minimum atomic E-state index is -0.472. The second kappa shape index (κ2) is 8.71. The lowest BCUT2D eigenvalue weighted by molar-refractivity contribution is 0.0918. The van der Waals surface area contributed by atoms with Gasteiger partial charge in [0.05, 0.1) is 18.3 Å². The number of carbonyl (C=O) groups is 1. The highest BCUT2D eigenvalue weighted by Crippen LogP contribution is 2.27. The molecule has 0 aliphatic carbocycles. The van der Waals surface area contributed by atoms with Gasteiger partial charge in [-0.25, -0.2) is 4.98 Å². The Balaban J connectivity index is 1.98. The van der Waals surface area contributed by atoms with E-state index in [2.05, 4.69) is 35.2 Å². The van der Waals surface area contributed by atoms with Crippen molar-refractivity contribution in [2.24, 2.45) is 5.92 Å². The maximum absolute atomic E-state index is 13.0. The third kappa shape index (κ3) is 4.34. The number of fused-ring (bicyclic) bond motifs is 1. The van der Waals surface area contributed by atoms with Gasteiger partial charge in [0.1, 0.15) is 5.82 Å². The van der Waals surface area contributed by atoms with E-state index in [1.807, 2.05) is 30.3 Å². The quantitative estimate of drug-likeness (QED) is 0.723. The summed E-state index contributed by atoms with van der Waals surface area (Å²) in [6.45, 7) is 13.3. The van der Waals surface area contributed by atoms with E-state index in [-0.39, 0.29) is 12.5 Å². The molecule has 28 heavy (non-hydrogen) atoms. The Kier molecular flexibility index (Phi) is 6.31. The van der Waals surface area contributed by atoms with Gasteiger partial charge in [0.25, 0.3) is 5.91 Å². The zero-order valence-corrected chi connectivity index (χ0v) is 17.0. The van der Waals surface area contributed by atoms with Gasteiger partial charge >= 0.3 is 0 Å². The minimum Gasteiger partial charge on any atom is -0.394 e. The topological polar surface area (TPSA) is 70.4 Å². The van der Waals surface area contributed by atoms with Crippen LogP contribution in [0.4, 0.5) is 0 Å². The lowest BCUT2D eigenvalue weighted by atomic mass is 10.1. The standard InChI is InChI=1S/C22H30N4O2/c1-15(2)12-25-10-11-26-19(13-25)20(22(28)23-18(14-27)16(3)4)24-21(26)17-8-6-5-7-9-17/h5-9,15,18,27H,3,10-14H2,1-2,4H3,(H,23,28)/t18-/m1/s1. The van der Waals surface area contributed by atoms with Crippen LogP contribution in [0.5, 0.6) is 0 Å². The van der Waals surface area contributed by atoms with Crippen molar-refractivity contribution in [1.82, 2.24) is 19.8 Å². The number of hydrogen-bond donors (Lipinski definition) is 2. The first-order valence-corrected chi connectivity index (χ1v) is 9.85. The Bertz CT molecular complexity index is 842. The van der Waals surface area contributed by atoms with Crippen LogP contribution in [-0.2, 0) is 13.1 Å². The Hall–Kier alpha value is -2.44. The van der Waals surface area contributed by atoms with Gasteiger partial charge in [-0.3, -0.25) is 9.69 Å². The number of aromatic nitrogens is 2. The number of nitrogens with one attached hydrogen (secondary N) is 1. The van der Waals surface area contributed by atoms with Gasteiger partial charge in [-0.1, -0.05) is 56.3 Å². The van der Waals surface area contributed by atoms with Crippen LogP contribution in [-0.4, -0.2) is 51.2 Å². The summed E-state index contributed by atoms with van der Waals surface area (Å²) < 4.78 is 2.16. The zero-order valence-electron chi connectivity index (χ0n) is 17.0. The summed E-state index contributed by atoms with van der Waals surface area (Å²) >= 11 is 0. The van der Waals surface area contributed by atoms with Crippen molar-refractivity contribution in [2.45, 2.75) is 39.9 Å². The van der Waals surface area contributed by atoms with Crippen molar-refractivity contribution < 1.29 is 9.90 Å². The molecule has 2 aromatic rings. The predicted molar refractivity (Wildman–Crippen MR) is 111 cm³/mol. The maximum Gasteiger partial charge on any atom is 0.272 e. The van der Waals surface area contributed by atoms with Crippen molar-refractivity contribution in [1.29, 1.82) is 0 Å². The molecule has 0 saturated heterocycles. The molecule has 1 amide bonds. The molecule has 1 aromatic heterocycles. The number of hydrogen-bond acceptors (Lipinski definition) is 4. The smallest absolute Gasteiger partial charge is 0.272 e. The number of carbonyl (C=O) groups excluding carboxylic acids is 1. The third-order valence-corrected chi connectivity index (χ3v) is 5.04. The molecule has 3 rings (SSSR count). The Labute approximate surface area is 166 Å². The molecule has 0 unspecified atom stereocenters. The van der Waals surface area contributed by atoms with Crippen LogP contribution in [0.3, 0.4) is 0 Å². The second-order valence-electron chi connectivity index (χ2n) is 7.93. The van der Waals surface area contributed by atoms with Crippen LogP contribution in [0.15, 0.2) is 42.5 Å². The molecule has 1 aromatic carbocycles. The first kappa shape index (κ1) is 20.3. The lowest BCUT2D eigenvalue weighted by Crippen LogP contribution is -2.40. The van der Waals surface area contributed by atoms with E-state index in [1.165, 1.54) is 0 Å². The van der Waals surface area contributed by atoms with Gasteiger partial charge in [0.15, 0.2) is 5.69 Å². The van der Waals surface area contributed by atoms with E-state index < -0.39 is 6.04 Å². The number of rotatable bonds is 7. The molecular weight excluding hydrogens is 352 g/mol. The summed E-state index contributed by atoms with van der Waals surface area (Å²) in [4.78, 5) is 20.1. The van der Waals surface area contributed by atoms with Gasteiger partial charge in [-0.15, -0.1) is 0 Å². The fourth-order valence-corrected chi connectivity index (χ4v) is 3.63. The van der Waals surface area contributed by atoms with E-state index in [4.69, 9.17) is 4.98 Å². The summed E-state index contributed by atoms with van der Waals surface area (Å²) in [6, 6.07) is 9.49. The summed E-state index contributed by atoms with van der Waals surface area (Å²) in [6.07, 6.45) is 0. The monoisotopic (exact) mass is 382 g/mol. The Morgan fingerprint density at radius 1 is 1.29 bits per heavy atom. The number of aliphatic hydroxyl groups is 1. The van der Waals surface area contributed by atoms with Crippen molar-refractivity contribution in [3.8, 4) is 11.4 Å². The molecule has 0 radical (unpaired) electrons. The van der Waals surface area contributed by atoms with Crippen LogP contribution in [0, 0.1) is 5.92 Å². The molecule has 6 nitrogen and oxygen atoms in total. The number of aliphatic hydroxyl groups excluding tert-OH is 1. The first-order valence-electron chi connectivity index (χ1n) is 9.85. The molecule has 1 aliphatic rings. The Morgan fingerprint density at radius 2 is 2.00 bits per heavy atom. The average molecular weight is 383 g/mol. The van der Waals surface area contributed by atoms with Crippen molar-refractivity contribution in [2.75, 3.05) is 19.7 Å². The van der Waals surface area contributed by atoms with Crippen LogP contribution >= 0.6 is 0 Å². The highest BCUT2D eigenvalue weighted by molar-refractivity contribution is 5.94. The third-order valence-electron chi connectivity index (χ3n) is 5.04. The van der Waals surface area contributed by atoms with Crippen LogP contribution < -0.4 is 5.32 Å². The Morgan fingerprint density at radius 3 is 2.61 bits per heavy atom. The van der Waals surface area contributed by atoms with Gasteiger partial charge in [-0.2, -0.15) is 0 Å². The fraction of sp³-hybridized carbons (Fsp3) is 0.455. The summed E-state index contributed by atoms with van der Waals surface area (Å²) in [5, 5.41) is 12.4. The minimum absolute atomic E-state index is 0.178. The molecule has 2 N–H and O–H groups in total. The normalized spacial score (nSPS) is 15.3. The number of amides is 1. The van der Waals surface area contributed by atoms with E-state index in [0.717, 1.165) is 36.7 Å². The summed E-state index contributed by atoms with van der Waals surface area (Å²) in [7, 11) is 0. The second-order valence-corrected chi connectivity index (χ2v) is 7.93. The van der Waals surface area contributed by atoms with Gasteiger partial charge in [0.2, 0.25) is 0 Å². The zero-order chi connectivity index (χ0) is 20.3. The average Bonchev–Trinajstić information content (AvgIpc) is 3.05. The first-order chi connectivity index (χ1) is 13.4. The highest BCUT2D eigenvalue weighted by atomic mass is 16.3. The van der Waals surface area contributed by atoms with Crippen LogP contribution in [0.1, 0.15) is 37.0 Å². The lowest BCUT2D eigenvalue weighted by Gasteiger charge is -2.30. The van der Waals surface area contributed by atoms with Gasteiger partial charge < -0.3 is 15.0 Å². The molecule has 0 saturated carbocycles. The molecule has 1 aliphatic heterocycles. The molecule has 0 bridgehead atoms. The number of imidazole rings is 1. The van der Waals surface area contributed by atoms with E-state index >= 15 is 0 Å². The van der Waals surface area contributed by atoms with E-state index in [9.17, 15) is 9.90 Å². The maximum atomic E-state index is 13.0. The van der Waals surface area contributed by atoms with E-state index in [1.54, 1.807) is 6.92 Å². The molecular formula is C22H30N4O2. The van der Waals surface area contributed by atoms with Crippen molar-refractivity contribution >= 4 is 5.91 Å². The summed E-state index contributed by atoms with van der Waals surface area (Å²) in [5.41, 5.74) is 3.08.